The largest absolute Gasteiger partial charge is 0.395 e. The zero-order valence-corrected chi connectivity index (χ0v) is 16.1. The van der Waals surface area contributed by atoms with Crippen molar-refractivity contribution in [3.05, 3.63) is 82.4 Å². The third-order valence-electron chi connectivity index (χ3n) is 5.32. The van der Waals surface area contributed by atoms with E-state index in [0.29, 0.717) is 6.54 Å². The van der Waals surface area contributed by atoms with Crippen LogP contribution in [0.5, 0.6) is 0 Å². The second-order valence-electron chi connectivity index (χ2n) is 7.06. The molecule has 0 unspecified atom stereocenters. The minimum atomic E-state index is 0.156. The van der Waals surface area contributed by atoms with E-state index < -0.39 is 0 Å². The summed E-state index contributed by atoms with van der Waals surface area (Å²) in [6.45, 7) is 1.52. The summed E-state index contributed by atoms with van der Waals surface area (Å²) in [7, 11) is 0. The van der Waals surface area contributed by atoms with Gasteiger partial charge in [-0.25, -0.2) is 0 Å². The van der Waals surface area contributed by atoms with Crippen molar-refractivity contribution in [3.63, 3.8) is 0 Å². The highest BCUT2D eigenvalue weighted by atomic mass is 35.5. The smallest absolute Gasteiger partial charge is 0.0562 e. The molecule has 0 atom stereocenters. The van der Waals surface area contributed by atoms with Gasteiger partial charge in [0.25, 0.3) is 0 Å². The molecule has 2 nitrogen and oxygen atoms in total. The van der Waals surface area contributed by atoms with E-state index in [1.165, 1.54) is 35.1 Å². The predicted molar refractivity (Wildman–Crippen MR) is 113 cm³/mol. The highest BCUT2D eigenvalue weighted by molar-refractivity contribution is 6.36. The van der Waals surface area contributed by atoms with Crippen LogP contribution in [0.15, 0.2) is 60.7 Å². The molecular weight excluding hydrogens is 354 g/mol. The van der Waals surface area contributed by atoms with Gasteiger partial charge in [-0.05, 0) is 47.1 Å². The molecule has 138 valence electrons. The fourth-order valence-electron chi connectivity index (χ4n) is 3.95. The number of aryl methyl sites for hydroxylation is 1. The van der Waals surface area contributed by atoms with Crippen molar-refractivity contribution in [3.8, 4) is 22.3 Å². The Bertz CT molecular complexity index is 934. The van der Waals surface area contributed by atoms with E-state index in [0.717, 1.165) is 34.7 Å². The molecule has 0 spiro atoms. The SMILES string of the molecule is OCCNCc1ccc(-c2cccc(-c3cccc4c3CCC4)c2Cl)cc1. The molecule has 3 aromatic rings. The number of halogens is 1. The molecule has 0 radical (unpaired) electrons. The van der Waals surface area contributed by atoms with E-state index in [1.54, 1.807) is 0 Å². The number of aliphatic hydroxyl groups is 1. The highest BCUT2D eigenvalue weighted by Crippen LogP contribution is 2.40. The summed E-state index contributed by atoms with van der Waals surface area (Å²) < 4.78 is 0. The zero-order valence-electron chi connectivity index (χ0n) is 15.3. The quantitative estimate of drug-likeness (QED) is 0.575. The van der Waals surface area contributed by atoms with Crippen LogP contribution in [0.1, 0.15) is 23.1 Å². The van der Waals surface area contributed by atoms with Gasteiger partial charge in [0.05, 0.1) is 11.6 Å². The Labute approximate surface area is 165 Å². The summed E-state index contributed by atoms with van der Waals surface area (Å²) >= 11 is 6.88. The molecule has 4 rings (SSSR count). The number of hydrogen-bond donors (Lipinski definition) is 2. The standard InChI is InChI=1S/C24H24ClNO/c25-24-21(19-12-10-17(11-13-19)16-26-14-15-27)7-3-9-23(24)22-8-2-5-18-4-1-6-20(18)22/h2-3,5,7-13,26-27H,1,4,6,14-16H2. The Morgan fingerprint density at radius 3 is 2.41 bits per heavy atom. The van der Waals surface area contributed by atoms with Crippen molar-refractivity contribution in [2.75, 3.05) is 13.2 Å². The lowest BCUT2D eigenvalue weighted by molar-refractivity contribution is 0.292. The monoisotopic (exact) mass is 377 g/mol. The second-order valence-corrected chi connectivity index (χ2v) is 7.44. The zero-order chi connectivity index (χ0) is 18.6. The van der Waals surface area contributed by atoms with Crippen LogP contribution in [0.3, 0.4) is 0 Å². The molecule has 0 bridgehead atoms. The van der Waals surface area contributed by atoms with Crippen LogP contribution in [-0.2, 0) is 19.4 Å². The van der Waals surface area contributed by atoms with Crippen LogP contribution in [0, 0.1) is 0 Å². The minimum Gasteiger partial charge on any atom is -0.395 e. The molecule has 0 aromatic heterocycles. The van der Waals surface area contributed by atoms with E-state index in [1.807, 2.05) is 0 Å². The number of rotatable bonds is 6. The van der Waals surface area contributed by atoms with Crippen molar-refractivity contribution < 1.29 is 5.11 Å². The topological polar surface area (TPSA) is 32.3 Å². The molecule has 0 saturated heterocycles. The average molecular weight is 378 g/mol. The number of aliphatic hydroxyl groups excluding tert-OH is 1. The molecule has 0 amide bonds. The van der Waals surface area contributed by atoms with Gasteiger partial charge in [0, 0.05) is 24.2 Å². The fourth-order valence-corrected chi connectivity index (χ4v) is 4.29. The van der Waals surface area contributed by atoms with Crippen LogP contribution in [0.25, 0.3) is 22.3 Å². The summed E-state index contributed by atoms with van der Waals surface area (Å²) in [5.74, 6) is 0. The first-order chi connectivity index (χ1) is 13.3. The fraction of sp³-hybridized carbons (Fsp3) is 0.250. The number of nitrogens with one attached hydrogen (secondary N) is 1. The molecule has 0 aliphatic heterocycles. The van der Waals surface area contributed by atoms with Gasteiger partial charge in [-0.1, -0.05) is 72.3 Å². The minimum absolute atomic E-state index is 0.156. The summed E-state index contributed by atoms with van der Waals surface area (Å²) in [5, 5.41) is 12.9. The van der Waals surface area contributed by atoms with E-state index in [9.17, 15) is 0 Å². The molecule has 1 aliphatic rings. The molecule has 0 saturated carbocycles. The summed E-state index contributed by atoms with van der Waals surface area (Å²) in [6.07, 6.45) is 3.54. The summed E-state index contributed by atoms with van der Waals surface area (Å²) in [4.78, 5) is 0. The van der Waals surface area contributed by atoms with Crippen molar-refractivity contribution in [2.45, 2.75) is 25.8 Å². The molecule has 3 heteroatoms. The van der Waals surface area contributed by atoms with Crippen LogP contribution in [0.4, 0.5) is 0 Å². The maximum Gasteiger partial charge on any atom is 0.0562 e. The maximum atomic E-state index is 8.87. The third kappa shape index (κ3) is 3.79. The Kier molecular flexibility index (Phi) is 5.58. The van der Waals surface area contributed by atoms with Crippen molar-refractivity contribution in [2.24, 2.45) is 0 Å². The number of hydrogen-bond acceptors (Lipinski definition) is 2. The molecule has 1 aliphatic carbocycles. The normalized spacial score (nSPS) is 13.0. The lowest BCUT2D eigenvalue weighted by Gasteiger charge is -2.14. The molecule has 0 fully saturated rings. The van der Waals surface area contributed by atoms with Gasteiger partial charge in [-0.15, -0.1) is 0 Å². The lowest BCUT2D eigenvalue weighted by atomic mass is 9.94. The predicted octanol–water partition coefficient (Wildman–Crippen LogP) is 5.24. The Balaban J connectivity index is 1.66. The summed E-state index contributed by atoms with van der Waals surface area (Å²) in [5.41, 5.74) is 8.72. The van der Waals surface area contributed by atoms with Gasteiger partial charge in [0.1, 0.15) is 0 Å². The number of fused-ring (bicyclic) bond motifs is 1. The molecule has 0 heterocycles. The molecular formula is C24H24ClNO. The van der Waals surface area contributed by atoms with Crippen molar-refractivity contribution >= 4 is 11.6 Å². The van der Waals surface area contributed by atoms with E-state index in [-0.39, 0.29) is 6.61 Å². The molecule has 27 heavy (non-hydrogen) atoms. The average Bonchev–Trinajstić information content (AvgIpc) is 3.18. The first-order valence-corrected chi connectivity index (χ1v) is 9.96. The lowest BCUT2D eigenvalue weighted by Crippen LogP contribution is -2.17. The molecule has 3 aromatic carbocycles. The van der Waals surface area contributed by atoms with E-state index in [4.69, 9.17) is 16.7 Å². The van der Waals surface area contributed by atoms with Gasteiger partial charge in [-0.3, -0.25) is 0 Å². The second kappa shape index (κ2) is 8.26. The Morgan fingerprint density at radius 1 is 0.852 bits per heavy atom. The van der Waals surface area contributed by atoms with Gasteiger partial charge in [0.2, 0.25) is 0 Å². The third-order valence-corrected chi connectivity index (χ3v) is 5.72. The van der Waals surface area contributed by atoms with E-state index >= 15 is 0 Å². The van der Waals surface area contributed by atoms with Crippen LogP contribution in [0.2, 0.25) is 5.02 Å². The van der Waals surface area contributed by atoms with Gasteiger partial charge >= 0.3 is 0 Å². The Hall–Kier alpha value is -2.13. The number of benzene rings is 3. The maximum absolute atomic E-state index is 8.87. The van der Waals surface area contributed by atoms with E-state index in [2.05, 4.69) is 66.0 Å². The van der Waals surface area contributed by atoms with Crippen LogP contribution in [-0.4, -0.2) is 18.3 Å². The van der Waals surface area contributed by atoms with Crippen LogP contribution >= 0.6 is 11.6 Å². The highest BCUT2D eigenvalue weighted by Gasteiger charge is 2.18. The Morgan fingerprint density at radius 2 is 1.59 bits per heavy atom. The van der Waals surface area contributed by atoms with Crippen molar-refractivity contribution in [1.29, 1.82) is 0 Å². The van der Waals surface area contributed by atoms with Gasteiger partial charge in [0.15, 0.2) is 0 Å². The van der Waals surface area contributed by atoms with Gasteiger partial charge in [-0.2, -0.15) is 0 Å². The van der Waals surface area contributed by atoms with Crippen LogP contribution < -0.4 is 5.32 Å². The van der Waals surface area contributed by atoms with Crippen molar-refractivity contribution in [1.82, 2.24) is 5.32 Å². The molecule has 2 N–H and O–H groups in total. The van der Waals surface area contributed by atoms with Gasteiger partial charge < -0.3 is 10.4 Å². The first kappa shape index (κ1) is 18.2. The summed E-state index contributed by atoms with van der Waals surface area (Å²) in [6, 6.07) is 21.4. The first-order valence-electron chi connectivity index (χ1n) is 9.58.